The van der Waals surface area contributed by atoms with Crippen LogP contribution >= 0.6 is 0 Å². The maximum Gasteiger partial charge on any atom is 0.407 e. The highest BCUT2D eigenvalue weighted by molar-refractivity contribution is 5.68. The zero-order valence-electron chi connectivity index (χ0n) is 14.9. The molecule has 0 spiro atoms. The Balaban J connectivity index is 1.57. The first-order valence-corrected chi connectivity index (χ1v) is 8.44. The van der Waals surface area contributed by atoms with Crippen molar-refractivity contribution >= 4 is 6.09 Å². The summed E-state index contributed by atoms with van der Waals surface area (Å²) in [5, 5.41) is 10.7. The number of rotatable bonds is 6. The SMILES string of the molecule is CC(NCCC1CC(NC(=O)OC(C)(C)C)C1)c1cnn(C)c1. The van der Waals surface area contributed by atoms with E-state index in [1.807, 2.05) is 44.9 Å². The smallest absolute Gasteiger partial charge is 0.407 e. The standard InChI is InChI=1S/C17H30N4O2/c1-12(14-10-19-21(5)11-14)18-7-6-13-8-15(9-13)20-16(22)23-17(2,3)4/h10-13,15,18H,6-9H2,1-5H3,(H,20,22). The quantitative estimate of drug-likeness (QED) is 0.845. The van der Waals surface area contributed by atoms with Crippen LogP contribution in [-0.2, 0) is 11.8 Å². The van der Waals surface area contributed by atoms with Gasteiger partial charge in [0.15, 0.2) is 0 Å². The summed E-state index contributed by atoms with van der Waals surface area (Å²) in [6, 6.07) is 0.588. The summed E-state index contributed by atoms with van der Waals surface area (Å²) in [5.41, 5.74) is 0.783. The van der Waals surface area contributed by atoms with Crippen molar-refractivity contribution in [2.24, 2.45) is 13.0 Å². The molecule has 1 fully saturated rings. The maximum atomic E-state index is 11.7. The number of hydrogen-bond donors (Lipinski definition) is 2. The third kappa shape index (κ3) is 5.86. The molecule has 0 aliphatic heterocycles. The molecule has 1 atom stereocenters. The molecule has 1 aromatic heterocycles. The molecule has 2 rings (SSSR count). The highest BCUT2D eigenvalue weighted by Gasteiger charge is 2.31. The van der Waals surface area contributed by atoms with Crippen LogP contribution in [0.2, 0.25) is 0 Å². The van der Waals surface area contributed by atoms with Gasteiger partial charge in [0.25, 0.3) is 0 Å². The Morgan fingerprint density at radius 3 is 2.74 bits per heavy atom. The monoisotopic (exact) mass is 322 g/mol. The normalized spacial score (nSPS) is 22.3. The maximum absolute atomic E-state index is 11.7. The molecule has 23 heavy (non-hydrogen) atoms. The van der Waals surface area contributed by atoms with Gasteiger partial charge in [-0.2, -0.15) is 5.10 Å². The summed E-state index contributed by atoms with van der Waals surface area (Å²) in [7, 11) is 1.93. The summed E-state index contributed by atoms with van der Waals surface area (Å²) in [4.78, 5) is 11.7. The molecule has 1 saturated carbocycles. The lowest BCUT2D eigenvalue weighted by Crippen LogP contribution is -2.46. The molecule has 1 heterocycles. The van der Waals surface area contributed by atoms with Crippen LogP contribution in [0, 0.1) is 5.92 Å². The first-order chi connectivity index (χ1) is 10.7. The number of amides is 1. The molecule has 0 saturated heterocycles. The average molecular weight is 322 g/mol. The molecule has 1 amide bonds. The van der Waals surface area contributed by atoms with Gasteiger partial charge in [-0.25, -0.2) is 4.79 Å². The summed E-state index contributed by atoms with van der Waals surface area (Å²) >= 11 is 0. The summed E-state index contributed by atoms with van der Waals surface area (Å²) in [6.45, 7) is 8.78. The topological polar surface area (TPSA) is 68.2 Å². The van der Waals surface area contributed by atoms with E-state index in [0.717, 1.165) is 25.8 Å². The van der Waals surface area contributed by atoms with Gasteiger partial charge in [-0.1, -0.05) is 0 Å². The van der Waals surface area contributed by atoms with Gasteiger partial charge >= 0.3 is 6.09 Å². The molecular formula is C17H30N4O2. The van der Waals surface area contributed by atoms with Crippen molar-refractivity contribution in [3.63, 3.8) is 0 Å². The third-order valence-corrected chi connectivity index (χ3v) is 4.18. The van der Waals surface area contributed by atoms with Crippen molar-refractivity contribution in [3.8, 4) is 0 Å². The zero-order chi connectivity index (χ0) is 17.0. The highest BCUT2D eigenvalue weighted by Crippen LogP contribution is 2.30. The van der Waals surface area contributed by atoms with E-state index in [9.17, 15) is 4.79 Å². The van der Waals surface area contributed by atoms with Gasteiger partial charge in [-0.05, 0) is 59.4 Å². The molecule has 6 heteroatoms. The van der Waals surface area contributed by atoms with Crippen LogP contribution in [0.4, 0.5) is 4.79 Å². The first kappa shape index (κ1) is 17.8. The van der Waals surface area contributed by atoms with Crippen molar-refractivity contribution in [2.75, 3.05) is 6.54 Å². The van der Waals surface area contributed by atoms with E-state index in [1.165, 1.54) is 5.56 Å². The second-order valence-corrected chi connectivity index (χ2v) is 7.59. The Labute approximate surface area is 139 Å². The fraction of sp³-hybridized carbons (Fsp3) is 0.765. The number of aromatic nitrogens is 2. The van der Waals surface area contributed by atoms with Crippen molar-refractivity contribution < 1.29 is 9.53 Å². The molecule has 0 bridgehead atoms. The van der Waals surface area contributed by atoms with E-state index in [4.69, 9.17) is 4.74 Å². The molecule has 1 aromatic rings. The Hall–Kier alpha value is -1.56. The van der Waals surface area contributed by atoms with Crippen molar-refractivity contribution in [1.82, 2.24) is 20.4 Å². The minimum Gasteiger partial charge on any atom is -0.444 e. The first-order valence-electron chi connectivity index (χ1n) is 8.44. The molecule has 130 valence electrons. The molecule has 1 aliphatic carbocycles. The Morgan fingerprint density at radius 2 is 2.17 bits per heavy atom. The summed E-state index contributed by atoms with van der Waals surface area (Å²) < 4.78 is 7.10. The summed E-state index contributed by atoms with van der Waals surface area (Å²) in [6.07, 6.45) is 6.87. The van der Waals surface area contributed by atoms with E-state index < -0.39 is 5.60 Å². The molecule has 0 aromatic carbocycles. The van der Waals surface area contributed by atoms with E-state index in [-0.39, 0.29) is 12.1 Å². The molecule has 6 nitrogen and oxygen atoms in total. The molecular weight excluding hydrogens is 292 g/mol. The fourth-order valence-corrected chi connectivity index (χ4v) is 2.85. The number of carbonyl (C=O) groups is 1. The zero-order valence-corrected chi connectivity index (χ0v) is 14.9. The van der Waals surface area contributed by atoms with Gasteiger partial charge in [0.05, 0.1) is 6.20 Å². The second-order valence-electron chi connectivity index (χ2n) is 7.59. The fourth-order valence-electron chi connectivity index (χ4n) is 2.85. The number of aryl methyl sites for hydroxylation is 1. The number of nitrogens with one attached hydrogen (secondary N) is 2. The number of ether oxygens (including phenoxy) is 1. The number of hydrogen-bond acceptors (Lipinski definition) is 4. The van der Waals surface area contributed by atoms with Crippen LogP contribution in [0.1, 0.15) is 58.6 Å². The van der Waals surface area contributed by atoms with E-state index in [0.29, 0.717) is 12.0 Å². The minimum absolute atomic E-state index is 0.269. The number of alkyl carbamates (subject to hydrolysis) is 1. The summed E-state index contributed by atoms with van der Waals surface area (Å²) in [5.74, 6) is 0.684. The van der Waals surface area contributed by atoms with E-state index in [2.05, 4.69) is 22.7 Å². The largest absolute Gasteiger partial charge is 0.444 e. The van der Waals surface area contributed by atoms with E-state index in [1.54, 1.807) is 0 Å². The van der Waals surface area contributed by atoms with Crippen LogP contribution in [-0.4, -0.2) is 34.1 Å². The van der Waals surface area contributed by atoms with E-state index >= 15 is 0 Å². The number of nitrogens with zero attached hydrogens (tertiary/aromatic N) is 2. The van der Waals surface area contributed by atoms with Gasteiger partial charge in [0.2, 0.25) is 0 Å². The molecule has 0 radical (unpaired) electrons. The third-order valence-electron chi connectivity index (χ3n) is 4.18. The Kier molecular flexibility index (Phi) is 5.68. The van der Waals surface area contributed by atoms with Gasteiger partial charge in [-0.3, -0.25) is 4.68 Å². The van der Waals surface area contributed by atoms with Crippen molar-refractivity contribution in [3.05, 3.63) is 18.0 Å². The lowest BCUT2D eigenvalue weighted by atomic mass is 9.78. The predicted octanol–water partition coefficient (Wildman–Crippen LogP) is 2.76. The number of carbonyl (C=O) groups excluding carboxylic acids is 1. The Morgan fingerprint density at radius 1 is 1.48 bits per heavy atom. The predicted molar refractivity (Wildman–Crippen MR) is 90.1 cm³/mol. The molecule has 2 N–H and O–H groups in total. The van der Waals surface area contributed by atoms with Crippen LogP contribution in [0.5, 0.6) is 0 Å². The van der Waals surface area contributed by atoms with Gasteiger partial charge in [0.1, 0.15) is 5.60 Å². The highest BCUT2D eigenvalue weighted by atomic mass is 16.6. The minimum atomic E-state index is -0.431. The van der Waals surface area contributed by atoms with Gasteiger partial charge in [0, 0.05) is 30.9 Å². The average Bonchev–Trinajstić information content (AvgIpc) is 2.80. The van der Waals surface area contributed by atoms with Crippen molar-refractivity contribution in [1.29, 1.82) is 0 Å². The van der Waals surface area contributed by atoms with Crippen LogP contribution < -0.4 is 10.6 Å². The van der Waals surface area contributed by atoms with Crippen LogP contribution in [0.25, 0.3) is 0 Å². The van der Waals surface area contributed by atoms with Gasteiger partial charge in [-0.15, -0.1) is 0 Å². The Bertz CT molecular complexity index is 515. The van der Waals surface area contributed by atoms with Crippen molar-refractivity contribution in [2.45, 2.75) is 64.6 Å². The lowest BCUT2D eigenvalue weighted by molar-refractivity contribution is 0.0449. The second kappa shape index (κ2) is 7.34. The van der Waals surface area contributed by atoms with Gasteiger partial charge < -0.3 is 15.4 Å². The molecule has 1 aliphatic rings. The van der Waals surface area contributed by atoms with Crippen LogP contribution in [0.3, 0.4) is 0 Å². The lowest BCUT2D eigenvalue weighted by Gasteiger charge is -2.36. The molecule has 1 unspecified atom stereocenters. The van der Waals surface area contributed by atoms with Crippen LogP contribution in [0.15, 0.2) is 12.4 Å².